The fraction of sp³-hybridized carbons (Fsp3) is 0.250. The maximum Gasteiger partial charge on any atom is 0.167 e. The molecule has 7 heteroatoms. The summed E-state index contributed by atoms with van der Waals surface area (Å²) in [5.41, 5.74) is 3.51. The molecule has 3 heterocycles. The van der Waals surface area contributed by atoms with Gasteiger partial charge in [0.1, 0.15) is 17.5 Å². The lowest BCUT2D eigenvalue weighted by Crippen LogP contribution is -2.09. The van der Waals surface area contributed by atoms with Crippen LogP contribution in [-0.4, -0.2) is 31.2 Å². The van der Waals surface area contributed by atoms with E-state index >= 15 is 0 Å². The van der Waals surface area contributed by atoms with Crippen molar-refractivity contribution in [3.63, 3.8) is 0 Å². The molecule has 0 radical (unpaired) electrons. The monoisotopic (exact) mass is 363 g/mol. The molecular weight excluding hydrogens is 342 g/mol. The van der Waals surface area contributed by atoms with Crippen LogP contribution in [0.3, 0.4) is 0 Å². The molecule has 0 unspecified atom stereocenters. The first kappa shape index (κ1) is 17.1. The minimum atomic E-state index is 0.243. The van der Waals surface area contributed by atoms with Crippen LogP contribution in [0.1, 0.15) is 25.5 Å². The Morgan fingerprint density at radius 3 is 2.67 bits per heavy atom. The Morgan fingerprint density at radius 2 is 1.96 bits per heavy atom. The van der Waals surface area contributed by atoms with Crippen molar-refractivity contribution in [3.05, 3.63) is 54.7 Å². The van der Waals surface area contributed by atoms with Gasteiger partial charge in [-0.05, 0) is 44.0 Å². The average Bonchev–Trinajstić information content (AvgIpc) is 3.33. The molecule has 27 heavy (non-hydrogen) atoms. The molecule has 0 saturated heterocycles. The summed E-state index contributed by atoms with van der Waals surface area (Å²) >= 11 is 0. The van der Waals surface area contributed by atoms with E-state index in [-0.39, 0.29) is 11.8 Å². The van der Waals surface area contributed by atoms with Gasteiger partial charge in [-0.15, -0.1) is 0 Å². The molecule has 0 aliphatic rings. The third-order valence-corrected chi connectivity index (χ3v) is 4.40. The van der Waals surface area contributed by atoms with Crippen molar-refractivity contribution < 1.29 is 9.52 Å². The van der Waals surface area contributed by atoms with Gasteiger partial charge in [-0.3, -0.25) is 0 Å². The topological polar surface area (TPSA) is 89.0 Å². The highest BCUT2D eigenvalue weighted by Crippen LogP contribution is 2.26. The highest BCUT2D eigenvalue weighted by molar-refractivity contribution is 5.85. The van der Waals surface area contributed by atoms with E-state index in [9.17, 15) is 5.11 Å². The van der Waals surface area contributed by atoms with Crippen LogP contribution in [0.15, 0.2) is 53.6 Å². The molecule has 0 bridgehead atoms. The van der Waals surface area contributed by atoms with Crippen LogP contribution in [0.5, 0.6) is 5.75 Å². The quantitative estimate of drug-likeness (QED) is 0.538. The van der Waals surface area contributed by atoms with Crippen LogP contribution < -0.4 is 5.32 Å². The van der Waals surface area contributed by atoms with Gasteiger partial charge in [0.2, 0.25) is 0 Å². The Labute approximate surface area is 156 Å². The second kappa shape index (κ2) is 7.11. The van der Waals surface area contributed by atoms with Crippen molar-refractivity contribution in [1.29, 1.82) is 0 Å². The summed E-state index contributed by atoms with van der Waals surface area (Å²) in [5.74, 6) is 1.58. The predicted octanol–water partition coefficient (Wildman–Crippen LogP) is 4.03. The highest BCUT2D eigenvalue weighted by atomic mass is 16.3. The molecule has 4 rings (SSSR count). The summed E-state index contributed by atoms with van der Waals surface area (Å²) < 4.78 is 7.22. The number of furan rings is 1. The van der Waals surface area contributed by atoms with Crippen LogP contribution in [0.2, 0.25) is 0 Å². The minimum Gasteiger partial charge on any atom is -0.508 e. The van der Waals surface area contributed by atoms with Crippen molar-refractivity contribution in [3.8, 4) is 17.1 Å². The molecule has 3 aromatic heterocycles. The lowest BCUT2D eigenvalue weighted by molar-refractivity contribution is 0.475. The number of benzene rings is 1. The molecule has 0 fully saturated rings. The van der Waals surface area contributed by atoms with E-state index in [1.807, 2.05) is 22.8 Å². The molecule has 7 nitrogen and oxygen atoms in total. The molecule has 0 aliphatic heterocycles. The number of aromatic hydroxyl groups is 1. The van der Waals surface area contributed by atoms with E-state index < -0.39 is 0 Å². The van der Waals surface area contributed by atoms with Gasteiger partial charge in [0, 0.05) is 12.6 Å². The van der Waals surface area contributed by atoms with Crippen LogP contribution in [-0.2, 0) is 6.42 Å². The van der Waals surface area contributed by atoms with Crippen molar-refractivity contribution in [2.75, 3.05) is 11.9 Å². The number of nitrogens with one attached hydrogen (secondary N) is 1. The smallest absolute Gasteiger partial charge is 0.167 e. The summed E-state index contributed by atoms with van der Waals surface area (Å²) in [5, 5.41) is 12.8. The molecule has 0 aliphatic carbocycles. The third-order valence-electron chi connectivity index (χ3n) is 4.40. The second-order valence-corrected chi connectivity index (χ2v) is 6.67. The number of phenols is 1. The Balaban J connectivity index is 1.65. The summed E-state index contributed by atoms with van der Waals surface area (Å²) in [6.07, 6.45) is 5.85. The van der Waals surface area contributed by atoms with Crippen LogP contribution in [0.25, 0.3) is 22.6 Å². The largest absolute Gasteiger partial charge is 0.508 e. The Kier molecular flexibility index (Phi) is 4.50. The van der Waals surface area contributed by atoms with E-state index in [0.717, 1.165) is 28.7 Å². The lowest BCUT2D eigenvalue weighted by atomic mass is 10.1. The van der Waals surface area contributed by atoms with Gasteiger partial charge in [-0.25, -0.2) is 15.0 Å². The first-order valence-electron chi connectivity index (χ1n) is 8.91. The van der Waals surface area contributed by atoms with Gasteiger partial charge in [-0.2, -0.15) is 0 Å². The maximum atomic E-state index is 9.40. The van der Waals surface area contributed by atoms with Gasteiger partial charge in [0.15, 0.2) is 17.3 Å². The Hall–Kier alpha value is -3.35. The third kappa shape index (κ3) is 3.48. The van der Waals surface area contributed by atoms with Gasteiger partial charge >= 0.3 is 0 Å². The zero-order chi connectivity index (χ0) is 18.8. The van der Waals surface area contributed by atoms with E-state index in [2.05, 4.69) is 29.1 Å². The van der Waals surface area contributed by atoms with Gasteiger partial charge in [0.05, 0.1) is 18.2 Å². The van der Waals surface area contributed by atoms with Gasteiger partial charge in [0.25, 0.3) is 0 Å². The molecule has 2 N–H and O–H groups in total. The maximum absolute atomic E-state index is 9.40. The number of hydrogen-bond acceptors (Lipinski definition) is 6. The van der Waals surface area contributed by atoms with Crippen LogP contribution in [0, 0.1) is 0 Å². The zero-order valence-electron chi connectivity index (χ0n) is 15.3. The summed E-state index contributed by atoms with van der Waals surface area (Å²) in [6, 6.07) is 9.30. The fourth-order valence-corrected chi connectivity index (χ4v) is 2.93. The van der Waals surface area contributed by atoms with Gasteiger partial charge < -0.3 is 19.4 Å². The number of rotatable bonds is 6. The SMILES string of the molecule is CC(C)n1cnc2c(NCCc3ccc(O)cc3)nc(-c3ccoc3)nc21. The number of aromatic nitrogens is 4. The average molecular weight is 363 g/mol. The van der Waals surface area contributed by atoms with E-state index in [4.69, 9.17) is 9.40 Å². The number of imidazole rings is 1. The van der Waals surface area contributed by atoms with Crippen molar-refractivity contribution in [2.24, 2.45) is 0 Å². The minimum absolute atomic E-state index is 0.243. The molecule has 0 spiro atoms. The molecule has 138 valence electrons. The Bertz CT molecular complexity index is 1040. The molecular formula is C20H21N5O2. The summed E-state index contributed by atoms with van der Waals surface area (Å²) in [4.78, 5) is 13.9. The normalized spacial score (nSPS) is 11.4. The number of fused-ring (bicyclic) bond motifs is 1. The lowest BCUT2D eigenvalue weighted by Gasteiger charge is -2.11. The first-order valence-corrected chi connectivity index (χ1v) is 8.91. The van der Waals surface area contributed by atoms with Gasteiger partial charge in [-0.1, -0.05) is 12.1 Å². The number of nitrogens with zero attached hydrogens (tertiary/aromatic N) is 4. The zero-order valence-corrected chi connectivity index (χ0v) is 15.3. The molecule has 0 saturated carbocycles. The predicted molar refractivity (Wildman–Crippen MR) is 104 cm³/mol. The van der Waals surface area contributed by atoms with E-state index in [1.54, 1.807) is 31.0 Å². The molecule has 0 atom stereocenters. The summed E-state index contributed by atoms with van der Waals surface area (Å²) in [6.45, 7) is 4.88. The fourth-order valence-electron chi connectivity index (χ4n) is 2.93. The number of phenolic OH excluding ortho intramolecular Hbond substituents is 1. The van der Waals surface area contributed by atoms with Crippen LogP contribution >= 0.6 is 0 Å². The molecule has 4 aromatic rings. The van der Waals surface area contributed by atoms with Crippen molar-refractivity contribution in [2.45, 2.75) is 26.3 Å². The number of anilines is 1. The second-order valence-electron chi connectivity index (χ2n) is 6.67. The highest BCUT2D eigenvalue weighted by Gasteiger charge is 2.16. The summed E-state index contributed by atoms with van der Waals surface area (Å²) in [7, 11) is 0. The standard InChI is InChI=1S/C20H21N5O2/c1-13(2)25-12-22-17-19(21-9-7-14-3-5-16(26)6-4-14)23-18(24-20(17)25)15-8-10-27-11-15/h3-6,8,10-13,26H,7,9H2,1-2H3,(H,21,23,24). The van der Waals surface area contributed by atoms with Crippen molar-refractivity contribution >= 4 is 17.0 Å². The molecule has 0 amide bonds. The number of hydrogen-bond donors (Lipinski definition) is 2. The van der Waals surface area contributed by atoms with Crippen molar-refractivity contribution in [1.82, 2.24) is 19.5 Å². The van der Waals surface area contributed by atoms with Crippen LogP contribution in [0.4, 0.5) is 5.82 Å². The van der Waals surface area contributed by atoms with E-state index in [1.165, 1.54) is 0 Å². The van der Waals surface area contributed by atoms with E-state index in [0.29, 0.717) is 18.2 Å². The Morgan fingerprint density at radius 1 is 1.15 bits per heavy atom. The first-order chi connectivity index (χ1) is 13.1. The molecule has 1 aromatic carbocycles.